The maximum atomic E-state index is 13.4. The smallest absolute Gasteiger partial charge is 0.234 e. The average molecular weight is 472 g/mol. The van der Waals surface area contributed by atoms with Crippen LogP contribution in [0.1, 0.15) is 30.7 Å². The van der Waals surface area contributed by atoms with Crippen LogP contribution in [0.25, 0.3) is 11.1 Å². The molecule has 2 atom stereocenters. The molecule has 1 aliphatic heterocycles. The maximum Gasteiger partial charge on any atom is 0.234 e. The molecule has 1 amide bonds. The first kappa shape index (κ1) is 23.5. The number of hydrogen-bond acceptors (Lipinski definition) is 5. The van der Waals surface area contributed by atoms with E-state index in [9.17, 15) is 10.1 Å². The fourth-order valence-electron chi connectivity index (χ4n) is 4.58. The fourth-order valence-corrected chi connectivity index (χ4v) is 5.67. The third kappa shape index (κ3) is 4.42. The van der Waals surface area contributed by atoms with Crippen molar-refractivity contribution in [1.29, 1.82) is 10.7 Å². The summed E-state index contributed by atoms with van der Waals surface area (Å²) in [6.07, 6.45) is 0.653. The van der Waals surface area contributed by atoms with Gasteiger partial charge in [-0.2, -0.15) is 5.26 Å². The number of carbonyl (C=O) groups excluding carboxylic acids is 1. The molecule has 6 nitrogen and oxygen atoms in total. The summed E-state index contributed by atoms with van der Waals surface area (Å²) in [5, 5.41) is 23.0. The van der Waals surface area contributed by atoms with Crippen LogP contribution in [0.15, 0.2) is 66.0 Å². The lowest BCUT2D eigenvalue weighted by Crippen LogP contribution is -2.63. The molecular weight excluding hydrogens is 442 g/mol. The van der Waals surface area contributed by atoms with Crippen LogP contribution >= 0.6 is 11.3 Å². The highest BCUT2D eigenvalue weighted by atomic mass is 32.1. The molecular formula is C27H29N5OS. The van der Waals surface area contributed by atoms with Gasteiger partial charge in [-0.3, -0.25) is 15.1 Å². The summed E-state index contributed by atoms with van der Waals surface area (Å²) < 4.78 is 0. The van der Waals surface area contributed by atoms with Gasteiger partial charge >= 0.3 is 0 Å². The zero-order valence-electron chi connectivity index (χ0n) is 19.7. The summed E-state index contributed by atoms with van der Waals surface area (Å²) in [7, 11) is 1.66. The number of hydrogen-bond donors (Lipinski definition) is 2. The van der Waals surface area contributed by atoms with Gasteiger partial charge in [0.25, 0.3) is 0 Å². The second-order valence-corrected chi connectivity index (χ2v) is 9.63. The topological polar surface area (TPSA) is 83.2 Å². The largest absolute Gasteiger partial charge is 0.372 e. The van der Waals surface area contributed by atoms with Crippen LogP contribution in [0.4, 0.5) is 5.69 Å². The Kier molecular flexibility index (Phi) is 6.71. The van der Waals surface area contributed by atoms with Crippen LogP contribution < -0.4 is 10.2 Å². The molecule has 4 rings (SSSR count). The van der Waals surface area contributed by atoms with Gasteiger partial charge in [0.15, 0.2) is 5.96 Å². The molecule has 0 aliphatic carbocycles. The van der Waals surface area contributed by atoms with Crippen molar-refractivity contribution in [2.75, 3.05) is 25.0 Å². The molecule has 1 aliphatic rings. The van der Waals surface area contributed by atoms with E-state index < -0.39 is 5.54 Å². The number of para-hydroxylation sites is 1. The number of nitrogens with one attached hydrogen (secondary N) is 2. The minimum Gasteiger partial charge on any atom is -0.372 e. The lowest BCUT2D eigenvalue weighted by atomic mass is 9.79. The lowest BCUT2D eigenvalue weighted by molar-refractivity contribution is -0.135. The quantitative estimate of drug-likeness (QED) is 0.506. The Morgan fingerprint density at radius 1 is 1.18 bits per heavy atom. The molecule has 0 bridgehead atoms. The van der Waals surface area contributed by atoms with Gasteiger partial charge in [0.2, 0.25) is 5.91 Å². The van der Waals surface area contributed by atoms with Crippen molar-refractivity contribution < 1.29 is 4.79 Å². The van der Waals surface area contributed by atoms with Gasteiger partial charge in [0.05, 0.1) is 23.1 Å². The number of nitrogens with zero attached hydrogens (tertiary/aromatic N) is 3. The first-order valence-electron chi connectivity index (χ1n) is 11.4. The van der Waals surface area contributed by atoms with E-state index in [0.717, 1.165) is 34.8 Å². The normalized spacial score (nSPS) is 20.1. The first-order valence-corrected chi connectivity index (χ1v) is 12.3. The number of benzene rings is 2. The number of thiophene rings is 1. The van der Waals surface area contributed by atoms with Gasteiger partial charge < -0.3 is 10.2 Å². The molecule has 0 radical (unpaired) electrons. The van der Waals surface area contributed by atoms with E-state index >= 15 is 0 Å². The van der Waals surface area contributed by atoms with Gasteiger partial charge in [0.1, 0.15) is 0 Å². The number of rotatable bonds is 7. The summed E-state index contributed by atoms with van der Waals surface area (Å²) in [6, 6.07) is 22.0. The summed E-state index contributed by atoms with van der Waals surface area (Å²) in [5.41, 5.74) is 3.03. The Bertz CT molecular complexity index is 1230. The number of nitriles is 1. The molecule has 3 aromatic rings. The Labute approximate surface area is 205 Å². The number of anilines is 1. The molecule has 174 valence electrons. The Hall–Kier alpha value is -3.63. The van der Waals surface area contributed by atoms with Crippen molar-refractivity contribution in [3.63, 3.8) is 0 Å². The first-order chi connectivity index (χ1) is 16.4. The summed E-state index contributed by atoms with van der Waals surface area (Å²) >= 11 is 1.58. The molecule has 0 spiro atoms. The molecule has 34 heavy (non-hydrogen) atoms. The van der Waals surface area contributed by atoms with Crippen molar-refractivity contribution in [3.8, 4) is 17.2 Å². The SMILES string of the molecule is CCN(CCC1C(=O)N(C)C(=N)N[C@@]1(C)c1cc(-c2cccc(C#N)c2)cs1)c1ccccc1. The van der Waals surface area contributed by atoms with Crippen LogP contribution in [0.2, 0.25) is 0 Å². The van der Waals surface area contributed by atoms with E-state index in [1.807, 2.05) is 43.3 Å². The van der Waals surface area contributed by atoms with Crippen molar-refractivity contribution in [2.24, 2.45) is 5.92 Å². The van der Waals surface area contributed by atoms with Crippen molar-refractivity contribution in [2.45, 2.75) is 25.8 Å². The Morgan fingerprint density at radius 2 is 1.94 bits per heavy atom. The van der Waals surface area contributed by atoms with E-state index in [1.165, 1.54) is 4.90 Å². The fraction of sp³-hybridized carbons (Fsp3) is 0.296. The van der Waals surface area contributed by atoms with Crippen molar-refractivity contribution in [3.05, 3.63) is 76.5 Å². The summed E-state index contributed by atoms with van der Waals surface area (Å²) in [5.74, 6) is -0.265. The number of guanidine groups is 1. The Morgan fingerprint density at radius 3 is 2.65 bits per heavy atom. The second kappa shape index (κ2) is 9.70. The summed E-state index contributed by atoms with van der Waals surface area (Å²) in [4.78, 5) is 18.1. The van der Waals surface area contributed by atoms with Gasteiger partial charge in [-0.15, -0.1) is 11.3 Å². The third-order valence-electron chi connectivity index (χ3n) is 6.67. The van der Waals surface area contributed by atoms with E-state index in [0.29, 0.717) is 12.0 Å². The lowest BCUT2D eigenvalue weighted by Gasteiger charge is -2.45. The van der Waals surface area contributed by atoms with E-state index in [1.54, 1.807) is 24.5 Å². The minimum absolute atomic E-state index is 0.0446. The summed E-state index contributed by atoms with van der Waals surface area (Å²) in [6.45, 7) is 5.73. The van der Waals surface area contributed by atoms with Crippen molar-refractivity contribution in [1.82, 2.24) is 10.2 Å². The van der Waals surface area contributed by atoms with Gasteiger partial charge in [-0.25, -0.2) is 0 Å². The van der Waals surface area contributed by atoms with Crippen LogP contribution in [-0.4, -0.2) is 36.9 Å². The Balaban J connectivity index is 1.64. The van der Waals surface area contributed by atoms with Crippen LogP contribution in [0.3, 0.4) is 0 Å². The molecule has 2 N–H and O–H groups in total. The van der Waals surface area contributed by atoms with E-state index in [-0.39, 0.29) is 17.8 Å². The molecule has 1 saturated heterocycles. The molecule has 2 aromatic carbocycles. The standard InChI is InChI=1S/C27H29N5OS/c1-4-32(22-11-6-5-7-12-22)14-13-23-25(33)31(3)26(29)30-27(23,2)24-16-21(18-34-24)20-10-8-9-19(15-20)17-28/h5-12,15-16,18,23H,4,13-14H2,1-3H3,(H2,29,30)/t23?,27-/m1/s1. The van der Waals surface area contributed by atoms with Gasteiger partial charge in [0, 0.05) is 30.7 Å². The monoisotopic (exact) mass is 471 g/mol. The minimum atomic E-state index is -0.702. The number of carbonyl (C=O) groups is 1. The molecule has 1 aromatic heterocycles. The predicted molar refractivity (Wildman–Crippen MR) is 138 cm³/mol. The van der Waals surface area contributed by atoms with Crippen LogP contribution in [0, 0.1) is 22.7 Å². The van der Waals surface area contributed by atoms with Gasteiger partial charge in [-0.05, 0) is 67.1 Å². The molecule has 1 unspecified atom stereocenters. The number of amides is 1. The highest BCUT2D eigenvalue weighted by Crippen LogP contribution is 2.41. The zero-order valence-corrected chi connectivity index (χ0v) is 20.5. The molecule has 0 saturated carbocycles. The molecule has 2 heterocycles. The van der Waals surface area contributed by atoms with E-state index in [2.05, 4.69) is 46.8 Å². The van der Waals surface area contributed by atoms with Gasteiger partial charge in [-0.1, -0.05) is 30.3 Å². The third-order valence-corrected chi connectivity index (χ3v) is 7.83. The maximum absolute atomic E-state index is 13.4. The second-order valence-electron chi connectivity index (χ2n) is 8.72. The zero-order chi connectivity index (χ0) is 24.3. The average Bonchev–Trinajstić information content (AvgIpc) is 3.37. The highest BCUT2D eigenvalue weighted by molar-refractivity contribution is 7.10. The predicted octanol–water partition coefficient (Wildman–Crippen LogP) is 5.03. The molecule has 1 fully saturated rings. The molecule has 7 heteroatoms. The van der Waals surface area contributed by atoms with E-state index in [4.69, 9.17) is 5.41 Å². The van der Waals surface area contributed by atoms with Crippen LogP contribution in [-0.2, 0) is 10.3 Å². The highest BCUT2D eigenvalue weighted by Gasteiger charge is 2.48. The van der Waals surface area contributed by atoms with Crippen molar-refractivity contribution >= 4 is 28.9 Å². The van der Waals surface area contributed by atoms with Crippen LogP contribution in [0.5, 0.6) is 0 Å².